The van der Waals surface area contributed by atoms with Crippen LogP contribution < -0.4 is 5.32 Å². The highest BCUT2D eigenvalue weighted by molar-refractivity contribution is 5.88. The lowest BCUT2D eigenvalue weighted by Crippen LogP contribution is -2.44. The molecular formula is C12H22N4O2. The summed E-state index contributed by atoms with van der Waals surface area (Å²) < 4.78 is 1.70. The average molecular weight is 254 g/mol. The number of amides is 2. The number of rotatable bonds is 4. The van der Waals surface area contributed by atoms with Crippen molar-refractivity contribution in [2.45, 2.75) is 33.3 Å². The fraction of sp³-hybridized carbons (Fsp3) is 0.667. The number of aliphatic hydroxyl groups is 1. The molecule has 0 fully saturated rings. The van der Waals surface area contributed by atoms with Gasteiger partial charge in [0.05, 0.1) is 12.1 Å². The highest BCUT2D eigenvalue weighted by Gasteiger charge is 2.21. The minimum Gasteiger partial charge on any atom is -0.389 e. The van der Waals surface area contributed by atoms with E-state index in [-0.39, 0.29) is 12.6 Å². The molecule has 0 aliphatic carbocycles. The number of anilines is 1. The van der Waals surface area contributed by atoms with Gasteiger partial charge in [-0.05, 0) is 27.7 Å². The number of urea groups is 1. The lowest BCUT2D eigenvalue weighted by Gasteiger charge is -2.27. The third-order valence-corrected chi connectivity index (χ3v) is 2.60. The summed E-state index contributed by atoms with van der Waals surface area (Å²) in [6, 6.07) is 1.55. The molecule has 18 heavy (non-hydrogen) atoms. The van der Waals surface area contributed by atoms with E-state index in [0.717, 1.165) is 5.69 Å². The predicted octanol–water partition coefficient (Wildman–Crippen LogP) is 1.35. The van der Waals surface area contributed by atoms with E-state index in [1.54, 1.807) is 29.5 Å². The van der Waals surface area contributed by atoms with Gasteiger partial charge in [-0.15, -0.1) is 0 Å². The van der Waals surface area contributed by atoms with Crippen LogP contribution in [0.4, 0.5) is 10.6 Å². The molecule has 1 rings (SSSR count). The van der Waals surface area contributed by atoms with Gasteiger partial charge in [-0.25, -0.2) is 4.79 Å². The number of hydrogen-bond donors (Lipinski definition) is 2. The van der Waals surface area contributed by atoms with E-state index in [2.05, 4.69) is 10.4 Å². The van der Waals surface area contributed by atoms with Crippen molar-refractivity contribution in [3.05, 3.63) is 11.8 Å². The second-order valence-electron chi connectivity index (χ2n) is 5.05. The summed E-state index contributed by atoms with van der Waals surface area (Å²) in [6.45, 7) is 7.94. The van der Waals surface area contributed by atoms with E-state index in [1.165, 1.54) is 0 Å². The summed E-state index contributed by atoms with van der Waals surface area (Å²) in [6.07, 6.45) is 0. The van der Waals surface area contributed by atoms with Crippen molar-refractivity contribution in [3.8, 4) is 0 Å². The Bertz CT molecular complexity index is 401. The van der Waals surface area contributed by atoms with Gasteiger partial charge >= 0.3 is 6.03 Å². The molecule has 2 N–H and O–H groups in total. The number of hydrogen-bond acceptors (Lipinski definition) is 3. The smallest absolute Gasteiger partial charge is 0.323 e. The Hall–Kier alpha value is -1.56. The van der Waals surface area contributed by atoms with Gasteiger partial charge < -0.3 is 10.0 Å². The largest absolute Gasteiger partial charge is 0.389 e. The van der Waals surface area contributed by atoms with Gasteiger partial charge in [0.1, 0.15) is 0 Å². The Morgan fingerprint density at radius 1 is 1.61 bits per heavy atom. The van der Waals surface area contributed by atoms with Gasteiger partial charge in [-0.2, -0.15) is 5.10 Å². The third kappa shape index (κ3) is 4.03. The van der Waals surface area contributed by atoms with Crippen LogP contribution in [-0.2, 0) is 7.05 Å². The fourth-order valence-corrected chi connectivity index (χ4v) is 1.60. The van der Waals surface area contributed by atoms with Crippen molar-refractivity contribution in [1.29, 1.82) is 0 Å². The van der Waals surface area contributed by atoms with Crippen molar-refractivity contribution < 1.29 is 9.90 Å². The van der Waals surface area contributed by atoms with Gasteiger partial charge in [0.25, 0.3) is 0 Å². The Morgan fingerprint density at radius 3 is 2.61 bits per heavy atom. The topological polar surface area (TPSA) is 70.4 Å². The summed E-state index contributed by atoms with van der Waals surface area (Å²) in [5.41, 5.74) is 0.0590. The van der Waals surface area contributed by atoms with Crippen LogP contribution in [0.15, 0.2) is 6.07 Å². The van der Waals surface area contributed by atoms with E-state index in [9.17, 15) is 9.90 Å². The van der Waals surface area contributed by atoms with Crippen LogP contribution in [-0.4, -0.2) is 44.5 Å². The average Bonchev–Trinajstić information content (AvgIpc) is 2.53. The first-order chi connectivity index (χ1) is 8.23. The second kappa shape index (κ2) is 5.39. The summed E-state index contributed by atoms with van der Waals surface area (Å²) in [5, 5.41) is 16.6. The molecule has 0 saturated carbocycles. The van der Waals surface area contributed by atoms with Crippen molar-refractivity contribution in [1.82, 2.24) is 14.7 Å². The molecule has 0 radical (unpaired) electrons. The summed E-state index contributed by atoms with van der Waals surface area (Å²) >= 11 is 0. The summed E-state index contributed by atoms with van der Waals surface area (Å²) in [5.74, 6) is 0.522. The number of likely N-dealkylation sites (N-methyl/N-ethyl adjacent to an activating group) is 1. The molecule has 6 heteroatoms. The number of aromatic nitrogens is 2. The molecule has 1 aromatic rings. The molecule has 0 atom stereocenters. The first kappa shape index (κ1) is 14.5. The lowest BCUT2D eigenvalue weighted by molar-refractivity contribution is 0.0501. The van der Waals surface area contributed by atoms with Crippen LogP contribution in [0.3, 0.4) is 0 Å². The number of carbonyl (C=O) groups excluding carboxylic acids is 1. The van der Waals surface area contributed by atoms with Crippen LogP contribution in [0.25, 0.3) is 0 Å². The zero-order chi connectivity index (χ0) is 13.9. The van der Waals surface area contributed by atoms with Crippen molar-refractivity contribution in [2.24, 2.45) is 7.05 Å². The van der Waals surface area contributed by atoms with Crippen LogP contribution in [0.1, 0.15) is 26.5 Å². The van der Waals surface area contributed by atoms with Crippen LogP contribution >= 0.6 is 0 Å². The zero-order valence-electron chi connectivity index (χ0n) is 11.7. The highest BCUT2D eigenvalue weighted by atomic mass is 16.3. The van der Waals surface area contributed by atoms with Crippen LogP contribution in [0.2, 0.25) is 0 Å². The maximum Gasteiger partial charge on any atom is 0.323 e. The van der Waals surface area contributed by atoms with E-state index in [4.69, 9.17) is 0 Å². The molecule has 0 unspecified atom stereocenters. The first-order valence-electron chi connectivity index (χ1n) is 6.02. The Labute approximate surface area is 108 Å². The second-order valence-corrected chi connectivity index (χ2v) is 5.05. The zero-order valence-corrected chi connectivity index (χ0v) is 11.7. The Morgan fingerprint density at radius 2 is 2.22 bits per heavy atom. The molecule has 2 amide bonds. The number of carbonyl (C=O) groups is 1. The molecule has 0 spiro atoms. The minimum atomic E-state index is -0.909. The van der Waals surface area contributed by atoms with Gasteiger partial charge in [-0.1, -0.05) is 0 Å². The molecule has 0 bridgehead atoms. The molecule has 0 aliphatic heterocycles. The van der Waals surface area contributed by atoms with Crippen molar-refractivity contribution in [2.75, 3.05) is 18.4 Å². The third-order valence-electron chi connectivity index (χ3n) is 2.60. The molecule has 0 aliphatic rings. The first-order valence-corrected chi connectivity index (χ1v) is 6.02. The molecular weight excluding hydrogens is 232 g/mol. The van der Waals surface area contributed by atoms with E-state index >= 15 is 0 Å². The van der Waals surface area contributed by atoms with E-state index in [1.807, 2.05) is 20.9 Å². The van der Waals surface area contributed by atoms with Gasteiger partial charge in [0.15, 0.2) is 5.82 Å². The fourth-order valence-electron chi connectivity index (χ4n) is 1.60. The maximum atomic E-state index is 12.0. The standard InChI is InChI=1S/C12H22N4O2/c1-6-16(8-12(3,4)18)11(17)13-10-7-9(2)15(5)14-10/h7,18H,6,8H2,1-5H3,(H,13,14,17). The van der Waals surface area contributed by atoms with Crippen molar-refractivity contribution >= 4 is 11.8 Å². The summed E-state index contributed by atoms with van der Waals surface area (Å²) in [4.78, 5) is 13.5. The predicted molar refractivity (Wildman–Crippen MR) is 70.5 cm³/mol. The van der Waals surface area contributed by atoms with Gasteiger partial charge in [0.2, 0.25) is 0 Å². The SMILES string of the molecule is CCN(CC(C)(C)O)C(=O)Nc1cc(C)n(C)n1. The minimum absolute atomic E-state index is 0.252. The quantitative estimate of drug-likeness (QED) is 0.852. The number of nitrogens with one attached hydrogen (secondary N) is 1. The van der Waals surface area contributed by atoms with Crippen LogP contribution in [0, 0.1) is 6.92 Å². The number of aryl methyl sites for hydroxylation is 2. The number of nitrogens with zero attached hydrogens (tertiary/aromatic N) is 3. The molecule has 1 heterocycles. The van der Waals surface area contributed by atoms with E-state index < -0.39 is 5.60 Å². The highest BCUT2D eigenvalue weighted by Crippen LogP contribution is 2.10. The molecule has 0 saturated heterocycles. The Kier molecular flexibility index (Phi) is 4.34. The van der Waals surface area contributed by atoms with Gasteiger partial charge in [-0.3, -0.25) is 10.00 Å². The molecule has 102 valence electrons. The normalized spacial score (nSPS) is 11.4. The molecule has 6 nitrogen and oxygen atoms in total. The van der Waals surface area contributed by atoms with Crippen LogP contribution in [0.5, 0.6) is 0 Å². The van der Waals surface area contributed by atoms with E-state index in [0.29, 0.717) is 12.4 Å². The van der Waals surface area contributed by atoms with Gasteiger partial charge in [0, 0.05) is 25.4 Å². The van der Waals surface area contributed by atoms with Crippen molar-refractivity contribution in [3.63, 3.8) is 0 Å². The maximum absolute atomic E-state index is 12.0. The lowest BCUT2D eigenvalue weighted by atomic mass is 10.1. The summed E-state index contributed by atoms with van der Waals surface area (Å²) in [7, 11) is 1.82. The monoisotopic (exact) mass is 254 g/mol. The Balaban J connectivity index is 2.68. The molecule has 0 aromatic carbocycles. The molecule has 1 aromatic heterocycles.